The molecule has 1 saturated heterocycles. The van der Waals surface area contributed by atoms with Crippen LogP contribution in [0.4, 0.5) is 0 Å². The zero-order chi connectivity index (χ0) is 38.3. The Labute approximate surface area is 305 Å². The molecule has 1 saturated carbocycles. The maximum absolute atomic E-state index is 14.2. The molecule has 3 aliphatic rings. The number of ether oxygens (including phenoxy) is 1. The highest BCUT2D eigenvalue weighted by molar-refractivity contribution is 5.97. The Morgan fingerprint density at radius 2 is 1.68 bits per heavy atom. The summed E-state index contributed by atoms with van der Waals surface area (Å²) >= 11 is 0. The predicted molar refractivity (Wildman–Crippen MR) is 185 cm³/mol. The molecule has 2 aromatic heterocycles. The van der Waals surface area contributed by atoms with Gasteiger partial charge in [-0.25, -0.2) is 9.97 Å². The highest BCUT2D eigenvalue weighted by Crippen LogP contribution is 2.46. The SMILES string of the molecule is COCC1(C(=O)N[C@H]2C[C@H]3C(=O)N[C@@H](Cc4ccccc4)c4nc(co4)C(=O)N[C@H](CC(C)C)C(=O)N[C@H](C)c4nc(co4)C(=O)N3C2)CC1.O=CO. The number of fused-ring (bicyclic) bond motifs is 5. The molecular weight excluding hydrogens is 690 g/mol. The molecule has 2 aliphatic heterocycles. The van der Waals surface area contributed by atoms with E-state index < -0.39 is 59.3 Å². The van der Waals surface area contributed by atoms with Crippen molar-refractivity contribution in [3.63, 3.8) is 0 Å². The van der Waals surface area contributed by atoms with E-state index in [0.29, 0.717) is 19.3 Å². The topological polar surface area (TPSA) is 235 Å². The Balaban J connectivity index is 0.00000175. The van der Waals surface area contributed by atoms with Crippen LogP contribution < -0.4 is 21.3 Å². The highest BCUT2D eigenvalue weighted by atomic mass is 16.5. The van der Waals surface area contributed by atoms with Crippen molar-refractivity contribution in [2.45, 2.75) is 83.1 Å². The van der Waals surface area contributed by atoms with Gasteiger partial charge in [-0.1, -0.05) is 44.2 Å². The lowest BCUT2D eigenvalue weighted by Crippen LogP contribution is -2.48. The molecule has 0 radical (unpaired) electrons. The smallest absolute Gasteiger partial charge is 0.290 e. The van der Waals surface area contributed by atoms with Crippen molar-refractivity contribution in [1.82, 2.24) is 36.1 Å². The first-order chi connectivity index (χ1) is 25.4. The van der Waals surface area contributed by atoms with Gasteiger partial charge in [0, 0.05) is 26.1 Å². The molecule has 284 valence electrons. The Kier molecular flexibility index (Phi) is 12.3. The largest absolute Gasteiger partial charge is 0.483 e. The maximum Gasteiger partial charge on any atom is 0.290 e. The summed E-state index contributed by atoms with van der Waals surface area (Å²) in [7, 11) is 1.55. The highest BCUT2D eigenvalue weighted by Gasteiger charge is 2.51. The van der Waals surface area contributed by atoms with Gasteiger partial charge in [-0.2, -0.15) is 0 Å². The van der Waals surface area contributed by atoms with E-state index in [1.807, 2.05) is 44.2 Å². The van der Waals surface area contributed by atoms with Crippen molar-refractivity contribution in [1.29, 1.82) is 0 Å². The minimum absolute atomic E-state index is 0.0454. The van der Waals surface area contributed by atoms with Gasteiger partial charge < -0.3 is 44.8 Å². The van der Waals surface area contributed by atoms with Crippen LogP contribution in [-0.4, -0.2) is 94.4 Å². The minimum Gasteiger partial charge on any atom is -0.483 e. The lowest BCUT2D eigenvalue weighted by atomic mass is 10.0. The standard InChI is InChI=1S/C35H43N7O8.CH2O2/c1-19(2)12-23-28(43)36-20(3)31-41-26(17-49-31)33(46)42-15-22(37-34(47)35(10-11-35)18-48-4)14-27(42)30(45)39-24(13-21-8-6-5-7-9-21)32-40-25(16-50-32)29(44)38-23;2-1-3/h5-9,16-17,19-20,22-24,27H,10-15,18H2,1-4H3,(H,36,43)(H,37,47)(H,38,44)(H,39,45);1H,(H,2,3)/t20-,22+,23-,24+,27+;/m1./s1. The third-order valence-electron chi connectivity index (χ3n) is 9.41. The van der Waals surface area contributed by atoms with Gasteiger partial charge in [0.1, 0.15) is 36.7 Å². The summed E-state index contributed by atoms with van der Waals surface area (Å²) in [5.41, 5.74) is 0.125. The van der Waals surface area contributed by atoms with Crippen molar-refractivity contribution >= 4 is 36.0 Å². The third-order valence-corrected chi connectivity index (χ3v) is 9.41. The van der Waals surface area contributed by atoms with Crippen LogP contribution in [0, 0.1) is 11.3 Å². The number of oxazole rings is 2. The van der Waals surface area contributed by atoms with E-state index in [4.69, 9.17) is 23.5 Å². The number of aromatic nitrogens is 2. The van der Waals surface area contributed by atoms with E-state index in [0.717, 1.165) is 5.56 Å². The Morgan fingerprint density at radius 1 is 1.02 bits per heavy atom. The van der Waals surface area contributed by atoms with E-state index in [1.165, 1.54) is 17.4 Å². The molecule has 1 aliphatic carbocycles. The van der Waals surface area contributed by atoms with E-state index in [9.17, 15) is 24.0 Å². The molecule has 5 amide bonds. The second kappa shape index (κ2) is 16.8. The number of nitrogens with zero attached hydrogens (tertiary/aromatic N) is 3. The fourth-order valence-corrected chi connectivity index (χ4v) is 6.53. The van der Waals surface area contributed by atoms with Crippen LogP contribution in [0.1, 0.15) is 96.9 Å². The van der Waals surface area contributed by atoms with Crippen molar-refractivity contribution in [3.8, 4) is 0 Å². The second-order valence-electron chi connectivity index (χ2n) is 14.0. The molecule has 4 bridgehead atoms. The Bertz CT molecular complexity index is 1790. The van der Waals surface area contributed by atoms with E-state index in [-0.39, 0.29) is 67.5 Å². The molecule has 4 heterocycles. The van der Waals surface area contributed by atoms with E-state index in [2.05, 4.69) is 31.2 Å². The zero-order valence-corrected chi connectivity index (χ0v) is 30.0. The Hall–Kier alpha value is -5.58. The first-order valence-corrected chi connectivity index (χ1v) is 17.4. The number of hydrogen-bond donors (Lipinski definition) is 5. The molecule has 5 atom stereocenters. The van der Waals surface area contributed by atoms with Crippen LogP contribution in [0.25, 0.3) is 0 Å². The van der Waals surface area contributed by atoms with Crippen molar-refractivity contribution in [2.24, 2.45) is 11.3 Å². The zero-order valence-electron chi connectivity index (χ0n) is 30.0. The fraction of sp³-hybridized carbons (Fsp3) is 0.500. The molecule has 0 spiro atoms. The van der Waals surface area contributed by atoms with Gasteiger partial charge in [-0.05, 0) is 44.1 Å². The number of rotatable bonds is 8. The molecule has 0 unspecified atom stereocenters. The van der Waals surface area contributed by atoms with Crippen molar-refractivity contribution in [2.75, 3.05) is 20.3 Å². The third kappa shape index (κ3) is 9.27. The summed E-state index contributed by atoms with van der Waals surface area (Å²) in [5, 5.41) is 18.5. The number of benzene rings is 1. The lowest BCUT2D eigenvalue weighted by molar-refractivity contribution is -0.129. The molecule has 3 aromatic rings. The molecule has 5 N–H and O–H groups in total. The van der Waals surface area contributed by atoms with Gasteiger partial charge in [0.2, 0.25) is 29.5 Å². The molecule has 17 nitrogen and oxygen atoms in total. The quantitative estimate of drug-likeness (QED) is 0.209. The molecule has 2 fully saturated rings. The summed E-state index contributed by atoms with van der Waals surface area (Å²) < 4.78 is 16.7. The predicted octanol–water partition coefficient (Wildman–Crippen LogP) is 1.92. The van der Waals surface area contributed by atoms with E-state index in [1.54, 1.807) is 14.0 Å². The van der Waals surface area contributed by atoms with Gasteiger partial charge in [0.05, 0.1) is 12.0 Å². The second-order valence-corrected chi connectivity index (χ2v) is 14.0. The number of hydrogen-bond acceptors (Lipinski definition) is 11. The fourth-order valence-electron chi connectivity index (χ4n) is 6.53. The maximum atomic E-state index is 14.2. The monoisotopic (exact) mass is 735 g/mol. The van der Waals surface area contributed by atoms with Crippen LogP contribution in [0.2, 0.25) is 0 Å². The number of nitrogens with one attached hydrogen (secondary N) is 4. The van der Waals surface area contributed by atoms with Gasteiger partial charge >= 0.3 is 0 Å². The van der Waals surface area contributed by atoms with Gasteiger partial charge in [-0.3, -0.25) is 28.8 Å². The van der Waals surface area contributed by atoms with Crippen molar-refractivity contribution in [3.05, 3.63) is 71.6 Å². The summed E-state index contributed by atoms with van der Waals surface area (Å²) in [4.78, 5) is 86.8. The van der Waals surface area contributed by atoms with Crippen LogP contribution >= 0.6 is 0 Å². The molecule has 17 heteroatoms. The van der Waals surface area contributed by atoms with Crippen LogP contribution in [0.15, 0.2) is 51.7 Å². The number of carbonyl (C=O) groups excluding carboxylic acids is 5. The first-order valence-electron chi connectivity index (χ1n) is 17.4. The number of carboxylic acid groups (broad SMARTS) is 1. The van der Waals surface area contributed by atoms with Gasteiger partial charge in [0.15, 0.2) is 11.4 Å². The summed E-state index contributed by atoms with van der Waals surface area (Å²) in [6, 6.07) is 5.32. The van der Waals surface area contributed by atoms with Gasteiger partial charge in [-0.15, -0.1) is 0 Å². The van der Waals surface area contributed by atoms with Crippen molar-refractivity contribution < 1.29 is 47.4 Å². The average molecular weight is 736 g/mol. The van der Waals surface area contributed by atoms with E-state index >= 15 is 0 Å². The van der Waals surface area contributed by atoms with Crippen LogP contribution in [0.3, 0.4) is 0 Å². The lowest BCUT2D eigenvalue weighted by Gasteiger charge is -2.25. The Morgan fingerprint density at radius 3 is 2.34 bits per heavy atom. The summed E-state index contributed by atoms with van der Waals surface area (Å²) in [6.45, 7) is 5.58. The molecular formula is C36H45N7O10. The molecule has 53 heavy (non-hydrogen) atoms. The molecule has 1 aromatic carbocycles. The van der Waals surface area contributed by atoms with Crippen LogP contribution in [-0.2, 0) is 30.3 Å². The summed E-state index contributed by atoms with van der Waals surface area (Å²) in [6.07, 6.45) is 4.49. The summed E-state index contributed by atoms with van der Waals surface area (Å²) in [5.74, 6) is -2.14. The van der Waals surface area contributed by atoms with Crippen LogP contribution in [0.5, 0.6) is 0 Å². The average Bonchev–Trinajstić information content (AvgIpc) is 3.48. The molecule has 6 rings (SSSR count). The normalized spacial score (nSPS) is 24.0. The minimum atomic E-state index is -1.01. The first kappa shape index (κ1) is 38.6. The number of amides is 5. The number of carbonyl (C=O) groups is 6. The number of methoxy groups -OCH3 is 1. The van der Waals surface area contributed by atoms with Gasteiger partial charge in [0.25, 0.3) is 18.3 Å².